The normalized spacial score (nSPS) is 13.9. The number of ether oxygens (including phenoxy) is 2. The van der Waals surface area contributed by atoms with E-state index in [0.717, 1.165) is 29.8 Å². The molecule has 3 aromatic rings. The maximum absolute atomic E-state index is 12.8. The van der Waals surface area contributed by atoms with Crippen molar-refractivity contribution < 1.29 is 19.1 Å². The first-order valence-corrected chi connectivity index (χ1v) is 9.99. The van der Waals surface area contributed by atoms with Crippen LogP contribution in [0.3, 0.4) is 0 Å². The van der Waals surface area contributed by atoms with Crippen LogP contribution in [0.1, 0.15) is 17.3 Å². The number of hydrogen-bond acceptors (Lipinski definition) is 6. The zero-order valence-electron chi connectivity index (χ0n) is 16.8. The predicted octanol–water partition coefficient (Wildman–Crippen LogP) is 3.73. The number of carbonyl (C=O) groups excluding carboxylic acids is 2. The summed E-state index contributed by atoms with van der Waals surface area (Å²) in [6.07, 6.45) is -0.755. The number of benzene rings is 2. The fourth-order valence-corrected chi connectivity index (χ4v) is 3.46. The topological polar surface area (TPSA) is 72.0 Å². The van der Waals surface area contributed by atoms with E-state index in [1.165, 1.54) is 0 Å². The number of fused-ring (bicyclic) bond motifs is 1. The van der Waals surface area contributed by atoms with E-state index in [-0.39, 0.29) is 12.5 Å². The number of anilines is 1. The van der Waals surface area contributed by atoms with Crippen LogP contribution in [0.25, 0.3) is 10.9 Å². The van der Waals surface area contributed by atoms with Crippen molar-refractivity contribution in [3.05, 3.63) is 66.2 Å². The van der Waals surface area contributed by atoms with Crippen molar-refractivity contribution in [3.63, 3.8) is 0 Å². The van der Waals surface area contributed by atoms with Gasteiger partial charge in [-0.2, -0.15) is 0 Å². The number of amides is 1. The molecular weight excluding hydrogens is 382 g/mol. The Hall–Kier alpha value is -3.61. The molecule has 7 heteroatoms. The highest BCUT2D eigenvalue weighted by molar-refractivity contribution is 5.94. The molecule has 0 atom stereocenters. The molecule has 0 radical (unpaired) electrons. The third-order valence-electron chi connectivity index (χ3n) is 5.04. The first kappa shape index (κ1) is 19.7. The summed E-state index contributed by atoms with van der Waals surface area (Å²) in [4.78, 5) is 33.0. The highest BCUT2D eigenvalue weighted by atomic mass is 16.7. The molecule has 4 rings (SSSR count). The Labute approximate surface area is 174 Å². The van der Waals surface area contributed by atoms with E-state index in [2.05, 4.69) is 11.0 Å². The molecule has 0 bridgehead atoms. The Bertz CT molecular complexity index is 1040. The van der Waals surface area contributed by atoms with Crippen LogP contribution in [-0.2, 0) is 4.74 Å². The molecule has 154 valence electrons. The summed E-state index contributed by atoms with van der Waals surface area (Å²) in [6, 6.07) is 18.7. The summed E-state index contributed by atoms with van der Waals surface area (Å²) >= 11 is 0. The molecule has 1 aromatic heterocycles. The molecule has 0 N–H and O–H groups in total. The van der Waals surface area contributed by atoms with Gasteiger partial charge >= 0.3 is 6.16 Å². The van der Waals surface area contributed by atoms with Crippen LogP contribution < -0.4 is 9.64 Å². The summed E-state index contributed by atoms with van der Waals surface area (Å²) in [5.41, 5.74) is 1.53. The lowest BCUT2D eigenvalue weighted by molar-refractivity contribution is 0.0746. The average Bonchev–Trinajstić information content (AvgIpc) is 2.79. The van der Waals surface area contributed by atoms with Crippen LogP contribution in [0, 0.1) is 0 Å². The third-order valence-corrected chi connectivity index (χ3v) is 5.04. The molecule has 0 spiro atoms. The standard InChI is InChI=1S/C23H23N3O4/c1-2-29-23(28)30-19-10-7-18(8-11-19)22(27)26-15-13-25(14-16-26)21-12-9-17-5-3-4-6-20(17)24-21/h3-12H,2,13-16H2,1H3. The molecule has 1 amide bonds. The fraction of sp³-hybridized carbons (Fsp3) is 0.261. The summed E-state index contributed by atoms with van der Waals surface area (Å²) in [6.45, 7) is 4.64. The number of pyridine rings is 1. The molecule has 0 saturated carbocycles. The lowest BCUT2D eigenvalue weighted by Crippen LogP contribution is -2.49. The first-order valence-electron chi connectivity index (χ1n) is 9.99. The van der Waals surface area contributed by atoms with Crippen molar-refractivity contribution in [2.45, 2.75) is 6.92 Å². The SMILES string of the molecule is CCOC(=O)Oc1ccc(C(=O)N2CCN(c3ccc4ccccc4n3)CC2)cc1. The van der Waals surface area contributed by atoms with E-state index in [9.17, 15) is 9.59 Å². The Morgan fingerprint density at radius 3 is 2.40 bits per heavy atom. The molecular formula is C23H23N3O4. The zero-order chi connectivity index (χ0) is 20.9. The van der Waals surface area contributed by atoms with Gasteiger partial charge in [0, 0.05) is 37.1 Å². The van der Waals surface area contributed by atoms with E-state index < -0.39 is 6.16 Å². The van der Waals surface area contributed by atoms with Crippen LogP contribution in [0.5, 0.6) is 5.75 Å². The minimum absolute atomic E-state index is 0.0381. The number of aromatic nitrogens is 1. The second-order valence-electron chi connectivity index (χ2n) is 6.95. The van der Waals surface area contributed by atoms with Gasteiger partial charge in [-0.25, -0.2) is 9.78 Å². The number of rotatable bonds is 4. The highest BCUT2D eigenvalue weighted by Crippen LogP contribution is 2.20. The van der Waals surface area contributed by atoms with Crippen LogP contribution in [0.2, 0.25) is 0 Å². The quantitative estimate of drug-likeness (QED) is 0.487. The minimum Gasteiger partial charge on any atom is -0.434 e. The summed E-state index contributed by atoms with van der Waals surface area (Å²) in [5.74, 6) is 1.24. The molecule has 30 heavy (non-hydrogen) atoms. The van der Waals surface area contributed by atoms with Crippen LogP contribution in [0.4, 0.5) is 10.6 Å². The summed E-state index contributed by atoms with van der Waals surface area (Å²) in [7, 11) is 0. The van der Waals surface area contributed by atoms with Gasteiger partial charge in [-0.1, -0.05) is 18.2 Å². The predicted molar refractivity (Wildman–Crippen MR) is 114 cm³/mol. The number of para-hydroxylation sites is 1. The lowest BCUT2D eigenvalue weighted by Gasteiger charge is -2.35. The van der Waals surface area contributed by atoms with Gasteiger partial charge in [-0.15, -0.1) is 0 Å². The van der Waals surface area contributed by atoms with Crippen molar-refractivity contribution in [1.29, 1.82) is 0 Å². The van der Waals surface area contributed by atoms with E-state index in [1.807, 2.05) is 35.2 Å². The largest absolute Gasteiger partial charge is 0.513 e. The highest BCUT2D eigenvalue weighted by Gasteiger charge is 2.23. The lowest BCUT2D eigenvalue weighted by atomic mass is 10.1. The van der Waals surface area contributed by atoms with Crippen molar-refractivity contribution >= 4 is 28.8 Å². The maximum Gasteiger partial charge on any atom is 0.513 e. The minimum atomic E-state index is -0.755. The summed E-state index contributed by atoms with van der Waals surface area (Å²) in [5, 5.41) is 1.12. The van der Waals surface area contributed by atoms with E-state index in [1.54, 1.807) is 31.2 Å². The second kappa shape index (κ2) is 8.82. The zero-order valence-corrected chi connectivity index (χ0v) is 16.8. The Morgan fingerprint density at radius 1 is 0.933 bits per heavy atom. The monoisotopic (exact) mass is 405 g/mol. The smallest absolute Gasteiger partial charge is 0.434 e. The summed E-state index contributed by atoms with van der Waals surface area (Å²) < 4.78 is 9.77. The molecule has 2 heterocycles. The Balaban J connectivity index is 1.36. The van der Waals surface area contributed by atoms with Gasteiger partial charge in [0.05, 0.1) is 12.1 Å². The molecule has 1 aliphatic heterocycles. The molecule has 2 aromatic carbocycles. The molecule has 1 fully saturated rings. The van der Waals surface area contributed by atoms with E-state index >= 15 is 0 Å². The average molecular weight is 405 g/mol. The van der Waals surface area contributed by atoms with Gasteiger partial charge in [0.1, 0.15) is 11.6 Å². The molecule has 1 aliphatic rings. The number of nitrogens with zero attached hydrogens (tertiary/aromatic N) is 3. The number of piperazine rings is 1. The molecule has 0 unspecified atom stereocenters. The van der Waals surface area contributed by atoms with Crippen molar-refractivity contribution in [2.75, 3.05) is 37.7 Å². The maximum atomic E-state index is 12.8. The number of hydrogen-bond donors (Lipinski definition) is 0. The van der Waals surface area contributed by atoms with Crippen molar-refractivity contribution in [3.8, 4) is 5.75 Å². The van der Waals surface area contributed by atoms with Crippen molar-refractivity contribution in [1.82, 2.24) is 9.88 Å². The van der Waals surface area contributed by atoms with E-state index in [4.69, 9.17) is 14.5 Å². The van der Waals surface area contributed by atoms with Crippen LogP contribution in [0.15, 0.2) is 60.7 Å². The molecule has 0 aliphatic carbocycles. The van der Waals surface area contributed by atoms with Gasteiger partial charge in [-0.05, 0) is 49.4 Å². The van der Waals surface area contributed by atoms with E-state index in [0.29, 0.717) is 24.4 Å². The Morgan fingerprint density at radius 2 is 1.67 bits per heavy atom. The van der Waals surface area contributed by atoms with Gasteiger partial charge in [0.25, 0.3) is 5.91 Å². The fourth-order valence-electron chi connectivity index (χ4n) is 3.46. The first-order chi connectivity index (χ1) is 14.6. The van der Waals surface area contributed by atoms with Gasteiger partial charge in [-0.3, -0.25) is 4.79 Å². The van der Waals surface area contributed by atoms with Gasteiger partial charge < -0.3 is 19.3 Å². The van der Waals surface area contributed by atoms with Crippen LogP contribution in [-0.4, -0.2) is 54.7 Å². The Kier molecular flexibility index (Phi) is 5.79. The third kappa shape index (κ3) is 4.35. The van der Waals surface area contributed by atoms with Gasteiger partial charge in [0.2, 0.25) is 0 Å². The second-order valence-corrected chi connectivity index (χ2v) is 6.95. The van der Waals surface area contributed by atoms with Crippen molar-refractivity contribution in [2.24, 2.45) is 0 Å². The van der Waals surface area contributed by atoms with Crippen LogP contribution >= 0.6 is 0 Å². The number of carbonyl (C=O) groups is 2. The molecule has 7 nitrogen and oxygen atoms in total. The van der Waals surface area contributed by atoms with Gasteiger partial charge in [0.15, 0.2) is 0 Å². The molecule has 1 saturated heterocycles.